The first kappa shape index (κ1) is 20.7. The van der Waals surface area contributed by atoms with Crippen LogP contribution in [0.4, 0.5) is 13.2 Å². The molecule has 0 spiro atoms. The van der Waals surface area contributed by atoms with E-state index >= 15 is 0 Å². The molecular formula is C16H18ClF3N2O3S. The quantitative estimate of drug-likeness (QED) is 0.776. The lowest BCUT2D eigenvalue weighted by atomic mass is 10.1. The Balaban J connectivity index is 1.94. The van der Waals surface area contributed by atoms with Gasteiger partial charge in [-0.2, -0.15) is 13.2 Å². The number of halogens is 4. The van der Waals surface area contributed by atoms with Gasteiger partial charge in [-0.25, -0.2) is 12.7 Å². The van der Waals surface area contributed by atoms with Crippen LogP contribution in [0, 0.1) is 0 Å². The van der Waals surface area contributed by atoms with Crippen molar-refractivity contribution in [2.75, 3.05) is 19.3 Å². The van der Waals surface area contributed by atoms with Crippen molar-refractivity contribution < 1.29 is 26.4 Å². The molecule has 10 heteroatoms. The zero-order chi connectivity index (χ0) is 19.5. The van der Waals surface area contributed by atoms with E-state index in [-0.39, 0.29) is 11.6 Å². The van der Waals surface area contributed by atoms with Crippen LogP contribution in [0.3, 0.4) is 0 Å². The summed E-state index contributed by atoms with van der Waals surface area (Å²) in [7, 11) is -3.24. The first-order chi connectivity index (χ1) is 12.0. The molecule has 0 atom stereocenters. The smallest absolute Gasteiger partial charge is 0.350 e. The second kappa shape index (κ2) is 7.98. The van der Waals surface area contributed by atoms with E-state index in [0.29, 0.717) is 25.9 Å². The summed E-state index contributed by atoms with van der Waals surface area (Å²) in [6.07, 6.45) is -0.0662. The van der Waals surface area contributed by atoms with Gasteiger partial charge in [0.1, 0.15) is 0 Å². The number of hydrogen-bond acceptors (Lipinski definition) is 3. The molecule has 2 rings (SSSR count). The fraction of sp³-hybridized carbons (Fsp3) is 0.438. The second-order valence-electron chi connectivity index (χ2n) is 6.02. The topological polar surface area (TPSA) is 66.5 Å². The van der Waals surface area contributed by atoms with Crippen molar-refractivity contribution in [3.63, 3.8) is 0 Å². The third-order valence-electron chi connectivity index (χ3n) is 3.99. The molecule has 1 fully saturated rings. The zero-order valence-electron chi connectivity index (χ0n) is 13.9. The number of benzene rings is 1. The third-order valence-corrected chi connectivity index (χ3v) is 5.63. The molecule has 1 aliphatic heterocycles. The monoisotopic (exact) mass is 410 g/mol. The van der Waals surface area contributed by atoms with Crippen LogP contribution < -0.4 is 5.32 Å². The molecule has 1 aliphatic rings. The molecule has 5 nitrogen and oxygen atoms in total. The lowest BCUT2D eigenvalue weighted by molar-refractivity contribution is -0.137. The Kier molecular flexibility index (Phi) is 6.36. The molecule has 144 valence electrons. The van der Waals surface area contributed by atoms with Gasteiger partial charge in [0.05, 0.1) is 16.8 Å². The molecule has 0 aromatic heterocycles. The molecule has 0 unspecified atom stereocenters. The van der Waals surface area contributed by atoms with Crippen molar-refractivity contribution in [3.05, 3.63) is 40.4 Å². The Bertz CT molecular complexity index is 801. The SMILES string of the molecule is CS(=O)(=O)N1CCC(NC(=O)/C=C/c2ccc(Cl)c(C(F)(F)F)c2)CC1. The van der Waals surface area contributed by atoms with Gasteiger partial charge < -0.3 is 5.32 Å². The average molecular weight is 411 g/mol. The van der Waals surface area contributed by atoms with Crippen LogP contribution in [-0.2, 0) is 21.0 Å². The van der Waals surface area contributed by atoms with Crippen molar-refractivity contribution in [3.8, 4) is 0 Å². The van der Waals surface area contributed by atoms with Crippen LogP contribution in [0.1, 0.15) is 24.0 Å². The summed E-state index contributed by atoms with van der Waals surface area (Å²) in [5.74, 6) is -0.452. The van der Waals surface area contributed by atoms with Gasteiger partial charge in [-0.1, -0.05) is 17.7 Å². The normalized spacial score (nSPS) is 17.6. The highest BCUT2D eigenvalue weighted by Gasteiger charge is 2.33. The first-order valence-corrected chi connectivity index (χ1v) is 10.00. The van der Waals surface area contributed by atoms with Crippen LogP contribution in [-0.4, -0.2) is 44.0 Å². The van der Waals surface area contributed by atoms with Gasteiger partial charge in [-0.15, -0.1) is 0 Å². The minimum Gasteiger partial charge on any atom is -0.350 e. The van der Waals surface area contributed by atoms with Crippen molar-refractivity contribution in [2.45, 2.75) is 25.1 Å². The van der Waals surface area contributed by atoms with Crippen LogP contribution in [0.5, 0.6) is 0 Å². The molecule has 1 N–H and O–H groups in total. The Labute approximate surface area is 154 Å². The van der Waals surface area contributed by atoms with Crippen molar-refractivity contribution in [1.82, 2.24) is 9.62 Å². The number of hydrogen-bond donors (Lipinski definition) is 1. The molecule has 1 aromatic carbocycles. The molecule has 0 saturated carbocycles. The average Bonchev–Trinajstić information content (AvgIpc) is 2.52. The minimum atomic E-state index is -4.57. The van der Waals surface area contributed by atoms with E-state index in [1.807, 2.05) is 0 Å². The minimum absolute atomic E-state index is 0.180. The van der Waals surface area contributed by atoms with Gasteiger partial charge in [0, 0.05) is 25.2 Å². The summed E-state index contributed by atoms with van der Waals surface area (Å²) >= 11 is 5.55. The molecule has 0 bridgehead atoms. The largest absolute Gasteiger partial charge is 0.417 e. The van der Waals surface area contributed by atoms with Crippen molar-refractivity contribution in [2.24, 2.45) is 0 Å². The van der Waals surface area contributed by atoms with Crippen molar-refractivity contribution >= 4 is 33.6 Å². The number of nitrogens with one attached hydrogen (secondary N) is 1. The highest BCUT2D eigenvalue weighted by atomic mass is 35.5. The van der Waals surface area contributed by atoms with Crippen LogP contribution in [0.15, 0.2) is 24.3 Å². The van der Waals surface area contributed by atoms with Crippen LogP contribution in [0.2, 0.25) is 5.02 Å². The van der Waals surface area contributed by atoms with Gasteiger partial charge in [0.25, 0.3) is 0 Å². The number of nitrogens with zero attached hydrogens (tertiary/aromatic N) is 1. The number of carbonyl (C=O) groups excluding carboxylic acids is 1. The number of piperidine rings is 1. The summed E-state index contributed by atoms with van der Waals surface area (Å²) in [4.78, 5) is 11.9. The van der Waals surface area contributed by atoms with E-state index in [1.165, 1.54) is 16.4 Å². The predicted octanol–water partition coefficient (Wildman–Crippen LogP) is 2.91. The summed E-state index contributed by atoms with van der Waals surface area (Å²) in [5, 5.41) is 2.32. The number of sulfonamides is 1. The van der Waals surface area contributed by atoms with Gasteiger partial charge in [0.15, 0.2) is 0 Å². The maximum atomic E-state index is 12.8. The summed E-state index contributed by atoms with van der Waals surface area (Å²) in [6, 6.07) is 3.20. The van der Waals surface area contributed by atoms with E-state index in [1.54, 1.807) is 0 Å². The first-order valence-electron chi connectivity index (χ1n) is 7.77. The lowest BCUT2D eigenvalue weighted by Crippen LogP contribution is -2.45. The van der Waals surface area contributed by atoms with E-state index < -0.39 is 32.7 Å². The van der Waals surface area contributed by atoms with E-state index in [9.17, 15) is 26.4 Å². The van der Waals surface area contributed by atoms with Crippen molar-refractivity contribution in [1.29, 1.82) is 0 Å². The van der Waals surface area contributed by atoms with E-state index in [0.717, 1.165) is 24.5 Å². The van der Waals surface area contributed by atoms with Gasteiger partial charge in [0.2, 0.25) is 15.9 Å². The van der Waals surface area contributed by atoms with Gasteiger partial charge in [-0.3, -0.25) is 4.79 Å². The molecule has 26 heavy (non-hydrogen) atoms. The molecule has 1 saturated heterocycles. The Morgan fingerprint density at radius 1 is 1.31 bits per heavy atom. The van der Waals surface area contributed by atoms with E-state index in [4.69, 9.17) is 11.6 Å². The number of amides is 1. The fourth-order valence-electron chi connectivity index (χ4n) is 2.62. The van der Waals surface area contributed by atoms with E-state index in [2.05, 4.69) is 5.32 Å². The molecule has 1 amide bonds. The second-order valence-corrected chi connectivity index (χ2v) is 8.40. The van der Waals surface area contributed by atoms with Gasteiger partial charge >= 0.3 is 6.18 Å². The van der Waals surface area contributed by atoms with Gasteiger partial charge in [-0.05, 0) is 36.6 Å². The maximum Gasteiger partial charge on any atom is 0.417 e. The van der Waals surface area contributed by atoms with Crippen LogP contribution in [0.25, 0.3) is 6.08 Å². The Morgan fingerprint density at radius 3 is 2.46 bits per heavy atom. The lowest BCUT2D eigenvalue weighted by Gasteiger charge is -2.30. The zero-order valence-corrected chi connectivity index (χ0v) is 15.5. The highest BCUT2D eigenvalue weighted by Crippen LogP contribution is 2.35. The Morgan fingerprint density at radius 2 is 1.92 bits per heavy atom. The summed E-state index contributed by atoms with van der Waals surface area (Å²) in [5.41, 5.74) is -0.765. The molecule has 1 heterocycles. The number of alkyl halides is 3. The standard InChI is InChI=1S/C16H18ClF3N2O3S/c1-26(24,25)22-8-6-12(7-9-22)21-15(23)5-3-11-2-4-14(17)13(10-11)16(18,19)20/h2-5,10,12H,6-9H2,1H3,(H,21,23)/b5-3+. The molecule has 1 aromatic rings. The summed E-state index contributed by atoms with van der Waals surface area (Å²) < 4.78 is 62.7. The molecule has 0 aliphatic carbocycles. The number of carbonyl (C=O) groups is 1. The highest BCUT2D eigenvalue weighted by molar-refractivity contribution is 7.88. The summed E-state index contributed by atoms with van der Waals surface area (Å²) in [6.45, 7) is 0.638. The van der Waals surface area contributed by atoms with Crippen LogP contribution >= 0.6 is 11.6 Å². The predicted molar refractivity (Wildman–Crippen MR) is 93.1 cm³/mol. The fourth-order valence-corrected chi connectivity index (χ4v) is 3.72. The maximum absolute atomic E-state index is 12.8. The molecule has 0 radical (unpaired) electrons. The molecular weight excluding hydrogens is 393 g/mol. The number of rotatable bonds is 4. The Hall–Kier alpha value is -1.58. The third kappa shape index (κ3) is 5.72.